The lowest BCUT2D eigenvalue weighted by molar-refractivity contribution is -0.158. The summed E-state index contributed by atoms with van der Waals surface area (Å²) in [6.45, 7) is 2.57. The molecular formula is C26H33ClN2O4. The van der Waals surface area contributed by atoms with Crippen molar-refractivity contribution in [3.8, 4) is 0 Å². The molecule has 178 valence electrons. The molecule has 2 saturated heterocycles. The van der Waals surface area contributed by atoms with Crippen LogP contribution in [0.15, 0.2) is 54.6 Å². The molecule has 4 atom stereocenters. The fourth-order valence-electron chi connectivity index (χ4n) is 4.72. The SMILES string of the molecule is O=C(C[C@@H]1CC[C@H]2[C@@H](COC[C@H](O)CN2Cc2ccc(Cl)cc2)O1)NCCc1ccccc1. The molecule has 2 aromatic rings. The molecule has 1 amide bonds. The van der Waals surface area contributed by atoms with E-state index >= 15 is 0 Å². The molecule has 0 aliphatic carbocycles. The highest BCUT2D eigenvalue weighted by atomic mass is 35.5. The van der Waals surface area contributed by atoms with Gasteiger partial charge in [0, 0.05) is 30.7 Å². The first-order valence-electron chi connectivity index (χ1n) is 11.8. The number of aliphatic hydroxyl groups excluding tert-OH is 1. The van der Waals surface area contributed by atoms with Crippen LogP contribution >= 0.6 is 11.6 Å². The predicted octanol–water partition coefficient (Wildman–Crippen LogP) is 3.20. The zero-order valence-electron chi connectivity index (χ0n) is 18.9. The zero-order valence-corrected chi connectivity index (χ0v) is 19.6. The zero-order chi connectivity index (χ0) is 23.0. The average Bonchev–Trinajstić information content (AvgIpc) is 2.80. The lowest BCUT2D eigenvalue weighted by Gasteiger charge is -2.44. The van der Waals surface area contributed by atoms with Gasteiger partial charge in [-0.25, -0.2) is 0 Å². The van der Waals surface area contributed by atoms with Crippen LogP contribution in [0.3, 0.4) is 0 Å². The van der Waals surface area contributed by atoms with Gasteiger partial charge in [-0.1, -0.05) is 54.1 Å². The summed E-state index contributed by atoms with van der Waals surface area (Å²) in [6.07, 6.45) is 2.10. The second kappa shape index (κ2) is 12.0. The lowest BCUT2D eigenvalue weighted by Crippen LogP contribution is -2.55. The van der Waals surface area contributed by atoms with Crippen molar-refractivity contribution in [2.45, 2.75) is 56.6 Å². The number of carbonyl (C=O) groups is 1. The Kier molecular flexibility index (Phi) is 8.75. The van der Waals surface area contributed by atoms with Gasteiger partial charge in [-0.2, -0.15) is 0 Å². The van der Waals surface area contributed by atoms with E-state index in [1.54, 1.807) is 0 Å². The Bertz CT molecular complexity index is 880. The Morgan fingerprint density at radius 3 is 2.64 bits per heavy atom. The topological polar surface area (TPSA) is 71.0 Å². The number of ether oxygens (including phenoxy) is 2. The molecule has 33 heavy (non-hydrogen) atoms. The summed E-state index contributed by atoms with van der Waals surface area (Å²) < 4.78 is 12.1. The Hall–Kier alpha value is -1.96. The second-order valence-corrected chi connectivity index (χ2v) is 9.41. The summed E-state index contributed by atoms with van der Waals surface area (Å²) in [5.41, 5.74) is 2.36. The normalized spacial score (nSPS) is 26.1. The average molecular weight is 473 g/mol. The molecule has 2 N–H and O–H groups in total. The number of fused-ring (bicyclic) bond motifs is 1. The van der Waals surface area contributed by atoms with E-state index in [-0.39, 0.29) is 30.8 Å². The van der Waals surface area contributed by atoms with E-state index in [2.05, 4.69) is 22.3 Å². The van der Waals surface area contributed by atoms with Gasteiger partial charge in [-0.15, -0.1) is 0 Å². The molecule has 2 aliphatic heterocycles. The Labute approximate surface area is 200 Å². The monoisotopic (exact) mass is 472 g/mol. The van der Waals surface area contributed by atoms with E-state index in [9.17, 15) is 9.90 Å². The van der Waals surface area contributed by atoms with Crippen LogP contribution in [0.5, 0.6) is 0 Å². The van der Waals surface area contributed by atoms with Gasteiger partial charge in [0.2, 0.25) is 5.91 Å². The Morgan fingerprint density at radius 2 is 1.85 bits per heavy atom. The van der Waals surface area contributed by atoms with E-state index in [1.807, 2.05) is 42.5 Å². The molecule has 0 aromatic heterocycles. The molecule has 2 fully saturated rings. The van der Waals surface area contributed by atoms with Crippen LogP contribution in [-0.4, -0.2) is 66.6 Å². The number of hydrogen-bond acceptors (Lipinski definition) is 5. The largest absolute Gasteiger partial charge is 0.389 e. The minimum Gasteiger partial charge on any atom is -0.389 e. The van der Waals surface area contributed by atoms with E-state index in [0.717, 1.165) is 24.8 Å². The lowest BCUT2D eigenvalue weighted by atomic mass is 9.94. The molecule has 0 unspecified atom stereocenters. The highest BCUT2D eigenvalue weighted by Gasteiger charge is 2.38. The first kappa shape index (κ1) is 24.2. The van der Waals surface area contributed by atoms with Gasteiger partial charge in [0.15, 0.2) is 0 Å². The van der Waals surface area contributed by atoms with Crippen molar-refractivity contribution in [3.05, 3.63) is 70.7 Å². The number of hydrogen-bond donors (Lipinski definition) is 2. The fourth-order valence-corrected chi connectivity index (χ4v) is 4.85. The van der Waals surface area contributed by atoms with E-state index in [1.165, 1.54) is 5.56 Å². The molecule has 0 radical (unpaired) electrons. The number of rotatable bonds is 7. The van der Waals surface area contributed by atoms with Crippen LogP contribution in [0.2, 0.25) is 5.02 Å². The van der Waals surface area contributed by atoms with Crippen LogP contribution in [0.25, 0.3) is 0 Å². The molecule has 0 spiro atoms. The maximum absolute atomic E-state index is 12.5. The number of halogens is 1. The Morgan fingerprint density at radius 1 is 1.06 bits per heavy atom. The van der Waals surface area contributed by atoms with Gasteiger partial charge >= 0.3 is 0 Å². The first-order chi connectivity index (χ1) is 16.1. The van der Waals surface area contributed by atoms with Gasteiger partial charge in [-0.3, -0.25) is 9.69 Å². The summed E-state index contributed by atoms with van der Waals surface area (Å²) in [5, 5.41) is 14.1. The maximum atomic E-state index is 12.5. The molecule has 6 nitrogen and oxygen atoms in total. The first-order valence-corrected chi connectivity index (χ1v) is 12.1. The number of benzene rings is 2. The van der Waals surface area contributed by atoms with Gasteiger partial charge in [0.25, 0.3) is 0 Å². The second-order valence-electron chi connectivity index (χ2n) is 8.98. The van der Waals surface area contributed by atoms with E-state index in [0.29, 0.717) is 37.7 Å². The van der Waals surface area contributed by atoms with Crippen LogP contribution in [0, 0.1) is 0 Å². The summed E-state index contributed by atoms with van der Waals surface area (Å²) in [6, 6.07) is 18.1. The van der Waals surface area contributed by atoms with Gasteiger partial charge in [0.05, 0.1) is 37.9 Å². The number of β-amino-alcohol motifs (C(OH)–C–C–N with tert-alkyl or cyclic N) is 1. The van der Waals surface area contributed by atoms with Crippen LogP contribution in [-0.2, 0) is 27.2 Å². The summed E-state index contributed by atoms with van der Waals surface area (Å²) in [4.78, 5) is 14.8. The summed E-state index contributed by atoms with van der Waals surface area (Å²) in [7, 11) is 0. The maximum Gasteiger partial charge on any atom is 0.222 e. The van der Waals surface area contributed by atoms with E-state index < -0.39 is 6.10 Å². The van der Waals surface area contributed by atoms with Crippen LogP contribution < -0.4 is 5.32 Å². The highest BCUT2D eigenvalue weighted by Crippen LogP contribution is 2.29. The Balaban J connectivity index is 1.30. The number of aliphatic hydroxyl groups is 1. The third-order valence-corrected chi connectivity index (χ3v) is 6.63. The molecule has 0 saturated carbocycles. The van der Waals surface area contributed by atoms with Crippen molar-refractivity contribution in [1.29, 1.82) is 0 Å². The van der Waals surface area contributed by atoms with Crippen molar-refractivity contribution >= 4 is 17.5 Å². The third kappa shape index (κ3) is 7.26. The standard InChI is InChI=1S/C26H33ClN2O4/c27-21-8-6-20(7-9-21)15-29-16-22(30)17-32-18-25-24(29)11-10-23(33-25)14-26(31)28-13-12-19-4-2-1-3-5-19/h1-9,22-25,30H,10-18H2,(H,28,31)/t22-,23+,24+,25-/m1/s1. The fraction of sp³-hybridized carbons (Fsp3) is 0.500. The van der Waals surface area contributed by atoms with Gasteiger partial charge in [0.1, 0.15) is 0 Å². The van der Waals surface area contributed by atoms with E-state index in [4.69, 9.17) is 21.1 Å². The van der Waals surface area contributed by atoms with Crippen LogP contribution in [0.1, 0.15) is 30.4 Å². The smallest absolute Gasteiger partial charge is 0.222 e. The van der Waals surface area contributed by atoms with Crippen molar-refractivity contribution in [2.24, 2.45) is 0 Å². The van der Waals surface area contributed by atoms with Crippen molar-refractivity contribution < 1.29 is 19.4 Å². The number of carbonyl (C=O) groups excluding carboxylic acids is 1. The molecule has 2 aliphatic rings. The minimum absolute atomic E-state index is 0.0228. The summed E-state index contributed by atoms with van der Waals surface area (Å²) in [5.74, 6) is 0.0228. The van der Waals surface area contributed by atoms with Crippen molar-refractivity contribution in [2.75, 3.05) is 26.3 Å². The quantitative estimate of drug-likeness (QED) is 0.647. The minimum atomic E-state index is -0.536. The molecule has 7 heteroatoms. The van der Waals surface area contributed by atoms with Crippen molar-refractivity contribution in [3.63, 3.8) is 0 Å². The van der Waals surface area contributed by atoms with Gasteiger partial charge in [-0.05, 0) is 42.5 Å². The summed E-state index contributed by atoms with van der Waals surface area (Å²) >= 11 is 6.03. The van der Waals surface area contributed by atoms with Crippen LogP contribution in [0.4, 0.5) is 0 Å². The van der Waals surface area contributed by atoms with Crippen molar-refractivity contribution in [1.82, 2.24) is 10.2 Å². The predicted molar refractivity (Wildman–Crippen MR) is 128 cm³/mol. The van der Waals surface area contributed by atoms with Gasteiger partial charge < -0.3 is 19.9 Å². The number of amides is 1. The molecule has 0 bridgehead atoms. The molecule has 4 rings (SSSR count). The molecule has 2 heterocycles. The highest BCUT2D eigenvalue weighted by molar-refractivity contribution is 6.30. The third-order valence-electron chi connectivity index (χ3n) is 6.38. The molecular weight excluding hydrogens is 440 g/mol. The molecule has 2 aromatic carbocycles. The number of nitrogens with zero attached hydrogens (tertiary/aromatic N) is 1. The number of nitrogens with one attached hydrogen (secondary N) is 1.